The molecule has 2 aromatic rings. The lowest BCUT2D eigenvalue weighted by atomic mass is 9.96. The third-order valence-corrected chi connectivity index (χ3v) is 3.48. The van der Waals surface area contributed by atoms with Gasteiger partial charge in [-0.05, 0) is 23.6 Å². The molecule has 1 aliphatic rings. The molecule has 0 amide bonds. The van der Waals surface area contributed by atoms with Crippen LogP contribution < -0.4 is 0 Å². The number of methoxy groups -OCH3 is 1. The van der Waals surface area contributed by atoms with E-state index in [0.717, 1.165) is 5.56 Å². The largest absolute Gasteiger partial charge is 0.352 e. The Morgan fingerprint density at radius 2 is 1.50 bits per heavy atom. The van der Waals surface area contributed by atoms with E-state index >= 15 is 0 Å². The zero-order valence-corrected chi connectivity index (χ0v) is 10.6. The van der Waals surface area contributed by atoms with E-state index in [-0.39, 0.29) is 12.4 Å². The number of aryl methyl sites for hydroxylation is 1. The molecular weight excluding hydrogens is 224 g/mol. The summed E-state index contributed by atoms with van der Waals surface area (Å²) in [5, 5.41) is 0. The van der Waals surface area contributed by atoms with Crippen molar-refractivity contribution in [2.24, 2.45) is 0 Å². The normalized spacial score (nSPS) is 21.9. The van der Waals surface area contributed by atoms with Crippen molar-refractivity contribution in [1.29, 1.82) is 0 Å². The van der Waals surface area contributed by atoms with E-state index in [9.17, 15) is 0 Å². The van der Waals surface area contributed by atoms with Crippen molar-refractivity contribution in [3.8, 4) is 0 Å². The highest BCUT2D eigenvalue weighted by Gasteiger charge is 2.32. The van der Waals surface area contributed by atoms with Crippen LogP contribution in [0, 0.1) is 6.92 Å². The Labute approximate surface area is 107 Å². The molecule has 1 aliphatic heterocycles. The molecule has 2 heteroatoms. The predicted molar refractivity (Wildman–Crippen MR) is 70.3 cm³/mol. The number of ether oxygens (including phenoxy) is 2. The third kappa shape index (κ3) is 1.74. The second-order valence-corrected chi connectivity index (χ2v) is 4.57. The fourth-order valence-electron chi connectivity index (χ4n) is 2.54. The van der Waals surface area contributed by atoms with Crippen molar-refractivity contribution in [2.75, 3.05) is 7.11 Å². The second kappa shape index (κ2) is 4.56. The maximum absolute atomic E-state index is 6.03. The van der Waals surface area contributed by atoms with Crippen LogP contribution in [0.25, 0.3) is 0 Å². The third-order valence-electron chi connectivity index (χ3n) is 3.48. The summed E-state index contributed by atoms with van der Waals surface area (Å²) in [5.41, 5.74) is 4.80. The van der Waals surface area contributed by atoms with Gasteiger partial charge in [-0.25, -0.2) is 0 Å². The topological polar surface area (TPSA) is 18.5 Å². The fourth-order valence-corrected chi connectivity index (χ4v) is 2.54. The summed E-state index contributed by atoms with van der Waals surface area (Å²) in [4.78, 5) is 0. The molecule has 0 radical (unpaired) electrons. The first-order valence-corrected chi connectivity index (χ1v) is 6.14. The highest BCUT2D eigenvalue weighted by Crippen LogP contribution is 2.43. The van der Waals surface area contributed by atoms with Gasteiger partial charge in [-0.2, -0.15) is 0 Å². The summed E-state index contributed by atoms with van der Waals surface area (Å²) in [7, 11) is 1.68. The Hall–Kier alpha value is -1.64. The van der Waals surface area contributed by atoms with E-state index in [1.165, 1.54) is 16.7 Å². The summed E-state index contributed by atoms with van der Waals surface area (Å²) in [6.07, 6.45) is -0.279. The van der Waals surface area contributed by atoms with E-state index in [0.29, 0.717) is 0 Å². The first-order chi connectivity index (χ1) is 8.81. The van der Waals surface area contributed by atoms with Gasteiger partial charge in [0.1, 0.15) is 6.10 Å². The molecule has 0 aromatic heterocycles. The lowest BCUT2D eigenvalue weighted by Crippen LogP contribution is -2.03. The van der Waals surface area contributed by atoms with Gasteiger partial charge in [0.05, 0.1) is 0 Å². The molecule has 2 aromatic carbocycles. The maximum atomic E-state index is 6.03. The predicted octanol–water partition coefficient (Wildman–Crippen LogP) is 3.76. The standard InChI is InChI=1S/C16H16O2/c1-11-7-3-4-8-12(11)15-13-9-5-6-10-14(13)16(17-2)18-15/h3-10,15-16H,1-2H3. The quantitative estimate of drug-likeness (QED) is 0.795. The van der Waals surface area contributed by atoms with Crippen LogP contribution in [0.2, 0.25) is 0 Å². The molecule has 2 unspecified atom stereocenters. The molecule has 18 heavy (non-hydrogen) atoms. The number of hydrogen-bond donors (Lipinski definition) is 0. The summed E-state index contributed by atoms with van der Waals surface area (Å²) in [6, 6.07) is 16.6. The minimum atomic E-state index is -0.259. The zero-order chi connectivity index (χ0) is 12.5. The van der Waals surface area contributed by atoms with Crippen LogP contribution in [0.15, 0.2) is 48.5 Å². The highest BCUT2D eigenvalue weighted by atomic mass is 16.7. The van der Waals surface area contributed by atoms with E-state index in [1.54, 1.807) is 7.11 Å². The fraction of sp³-hybridized carbons (Fsp3) is 0.250. The Morgan fingerprint density at radius 1 is 0.889 bits per heavy atom. The van der Waals surface area contributed by atoms with Crippen molar-refractivity contribution in [3.63, 3.8) is 0 Å². The van der Waals surface area contributed by atoms with E-state index in [2.05, 4.69) is 37.3 Å². The molecular formula is C16H16O2. The molecule has 2 nitrogen and oxygen atoms in total. The minimum absolute atomic E-state index is 0.0210. The van der Waals surface area contributed by atoms with E-state index in [1.807, 2.05) is 18.2 Å². The molecule has 0 bridgehead atoms. The first kappa shape index (κ1) is 11.5. The van der Waals surface area contributed by atoms with Gasteiger partial charge in [-0.15, -0.1) is 0 Å². The number of rotatable bonds is 2. The number of hydrogen-bond acceptors (Lipinski definition) is 2. The first-order valence-electron chi connectivity index (χ1n) is 6.14. The second-order valence-electron chi connectivity index (χ2n) is 4.57. The maximum Gasteiger partial charge on any atom is 0.185 e. The SMILES string of the molecule is COC1OC(c2ccccc2C)c2ccccc21. The molecule has 0 spiro atoms. The van der Waals surface area contributed by atoms with Crippen LogP contribution in [0.3, 0.4) is 0 Å². The summed E-state index contributed by atoms with van der Waals surface area (Å²) < 4.78 is 11.4. The molecule has 0 aliphatic carbocycles. The van der Waals surface area contributed by atoms with Crippen molar-refractivity contribution in [2.45, 2.75) is 19.3 Å². The van der Waals surface area contributed by atoms with Gasteiger partial charge < -0.3 is 9.47 Å². The summed E-state index contributed by atoms with van der Waals surface area (Å²) in [6.45, 7) is 2.11. The Bertz CT molecular complexity index is 563. The van der Waals surface area contributed by atoms with Crippen LogP contribution in [-0.4, -0.2) is 7.11 Å². The number of fused-ring (bicyclic) bond motifs is 1. The van der Waals surface area contributed by atoms with Crippen LogP contribution in [0.1, 0.15) is 34.6 Å². The van der Waals surface area contributed by atoms with Gasteiger partial charge in [0, 0.05) is 12.7 Å². The zero-order valence-electron chi connectivity index (χ0n) is 10.6. The minimum Gasteiger partial charge on any atom is -0.352 e. The van der Waals surface area contributed by atoms with Crippen molar-refractivity contribution in [3.05, 3.63) is 70.8 Å². The molecule has 2 atom stereocenters. The Morgan fingerprint density at radius 3 is 2.17 bits per heavy atom. The Kier molecular flexibility index (Phi) is 2.90. The monoisotopic (exact) mass is 240 g/mol. The van der Waals surface area contributed by atoms with Crippen molar-refractivity contribution in [1.82, 2.24) is 0 Å². The number of benzene rings is 2. The highest BCUT2D eigenvalue weighted by molar-refractivity contribution is 5.42. The van der Waals surface area contributed by atoms with Gasteiger partial charge in [-0.1, -0.05) is 48.5 Å². The lowest BCUT2D eigenvalue weighted by molar-refractivity contribution is -0.132. The molecule has 0 saturated carbocycles. The molecule has 0 fully saturated rings. The van der Waals surface area contributed by atoms with E-state index in [4.69, 9.17) is 9.47 Å². The van der Waals surface area contributed by atoms with Crippen LogP contribution in [0.5, 0.6) is 0 Å². The van der Waals surface area contributed by atoms with Gasteiger partial charge >= 0.3 is 0 Å². The smallest absolute Gasteiger partial charge is 0.185 e. The van der Waals surface area contributed by atoms with Crippen molar-refractivity contribution < 1.29 is 9.47 Å². The van der Waals surface area contributed by atoms with E-state index < -0.39 is 0 Å². The molecule has 0 N–H and O–H groups in total. The van der Waals surface area contributed by atoms with Crippen LogP contribution in [-0.2, 0) is 9.47 Å². The van der Waals surface area contributed by atoms with Crippen molar-refractivity contribution >= 4 is 0 Å². The van der Waals surface area contributed by atoms with Crippen LogP contribution >= 0.6 is 0 Å². The summed E-state index contributed by atoms with van der Waals surface area (Å²) >= 11 is 0. The van der Waals surface area contributed by atoms with Gasteiger partial charge in [0.2, 0.25) is 0 Å². The molecule has 3 rings (SSSR count). The average Bonchev–Trinajstić information content (AvgIpc) is 2.78. The molecule has 92 valence electrons. The van der Waals surface area contributed by atoms with Crippen LogP contribution in [0.4, 0.5) is 0 Å². The summed E-state index contributed by atoms with van der Waals surface area (Å²) in [5.74, 6) is 0. The average molecular weight is 240 g/mol. The van der Waals surface area contributed by atoms with Gasteiger partial charge in [0.15, 0.2) is 6.29 Å². The van der Waals surface area contributed by atoms with Gasteiger partial charge in [-0.3, -0.25) is 0 Å². The van der Waals surface area contributed by atoms with Gasteiger partial charge in [0.25, 0.3) is 0 Å². The molecule has 0 saturated heterocycles. The Balaban J connectivity index is 2.09. The lowest BCUT2D eigenvalue weighted by Gasteiger charge is -2.15. The molecule has 1 heterocycles.